The predicted molar refractivity (Wildman–Crippen MR) is 97.2 cm³/mol. The van der Waals surface area contributed by atoms with Crippen molar-refractivity contribution in [1.29, 1.82) is 0 Å². The molecule has 1 saturated heterocycles. The summed E-state index contributed by atoms with van der Waals surface area (Å²) in [6, 6.07) is 6.89. The van der Waals surface area contributed by atoms with Gasteiger partial charge in [0.15, 0.2) is 0 Å². The summed E-state index contributed by atoms with van der Waals surface area (Å²) in [7, 11) is 2.67. The smallest absolute Gasteiger partial charge is 0.414 e. The number of para-hydroxylation sites is 1. The summed E-state index contributed by atoms with van der Waals surface area (Å²) < 4.78 is 10.1. The molecular formula is C20H22N2O5. The zero-order valence-corrected chi connectivity index (χ0v) is 15.5. The number of methoxy groups -OCH3 is 2. The first-order valence-electron chi connectivity index (χ1n) is 8.97. The first kappa shape index (κ1) is 17.6. The van der Waals surface area contributed by atoms with Crippen molar-refractivity contribution in [1.82, 2.24) is 4.90 Å². The molecule has 3 aliphatic rings. The van der Waals surface area contributed by atoms with E-state index in [4.69, 9.17) is 9.47 Å². The summed E-state index contributed by atoms with van der Waals surface area (Å²) in [4.78, 5) is 40.9. The molecule has 142 valence electrons. The van der Waals surface area contributed by atoms with Gasteiger partial charge in [0.1, 0.15) is 0 Å². The van der Waals surface area contributed by atoms with Gasteiger partial charge in [-0.05, 0) is 18.1 Å². The van der Waals surface area contributed by atoms with E-state index in [0.717, 1.165) is 11.3 Å². The third-order valence-electron chi connectivity index (χ3n) is 6.19. The molecule has 0 unspecified atom stereocenters. The van der Waals surface area contributed by atoms with Crippen LogP contribution in [0.2, 0.25) is 0 Å². The van der Waals surface area contributed by atoms with Gasteiger partial charge in [0, 0.05) is 18.9 Å². The number of carbonyl (C=O) groups excluding carboxylic acids is 3. The molecule has 7 heteroatoms. The number of rotatable bonds is 1. The largest absolute Gasteiger partial charge is 0.469 e. The van der Waals surface area contributed by atoms with E-state index in [2.05, 4.69) is 0 Å². The molecule has 2 aliphatic heterocycles. The highest BCUT2D eigenvalue weighted by Gasteiger charge is 2.65. The second-order valence-corrected chi connectivity index (χ2v) is 7.18. The molecule has 0 aromatic heterocycles. The van der Waals surface area contributed by atoms with Gasteiger partial charge in [0.2, 0.25) is 5.91 Å². The number of fused-ring (bicyclic) bond motifs is 1. The molecule has 4 atom stereocenters. The fourth-order valence-electron chi connectivity index (χ4n) is 5.20. The third-order valence-corrected chi connectivity index (χ3v) is 6.19. The Labute approximate surface area is 157 Å². The zero-order chi connectivity index (χ0) is 19.3. The van der Waals surface area contributed by atoms with Crippen molar-refractivity contribution in [2.75, 3.05) is 25.7 Å². The topological polar surface area (TPSA) is 76.2 Å². The van der Waals surface area contributed by atoms with Gasteiger partial charge in [-0.25, -0.2) is 4.79 Å². The minimum atomic E-state index is -0.635. The number of benzene rings is 1. The van der Waals surface area contributed by atoms with Crippen molar-refractivity contribution in [2.45, 2.75) is 30.8 Å². The van der Waals surface area contributed by atoms with E-state index in [9.17, 15) is 14.4 Å². The van der Waals surface area contributed by atoms with Crippen molar-refractivity contribution in [2.24, 2.45) is 5.92 Å². The van der Waals surface area contributed by atoms with E-state index in [1.165, 1.54) is 14.2 Å². The molecule has 1 fully saturated rings. The van der Waals surface area contributed by atoms with Crippen LogP contribution in [-0.2, 0) is 24.5 Å². The number of likely N-dealkylation sites (tertiary alicyclic amines) is 1. The number of amides is 2. The fraction of sp³-hybridized carbons (Fsp3) is 0.450. The number of hydrogen-bond acceptors (Lipinski definition) is 5. The molecule has 0 N–H and O–H groups in total. The second kappa shape index (κ2) is 6.11. The van der Waals surface area contributed by atoms with E-state index < -0.39 is 29.4 Å². The highest BCUT2D eigenvalue weighted by atomic mass is 16.5. The lowest BCUT2D eigenvalue weighted by atomic mass is 9.64. The van der Waals surface area contributed by atoms with Gasteiger partial charge in [-0.2, -0.15) is 0 Å². The summed E-state index contributed by atoms with van der Waals surface area (Å²) in [6.45, 7) is 2.12. The average Bonchev–Trinajstić information content (AvgIpc) is 3.21. The number of anilines is 1. The minimum absolute atomic E-state index is 0.0224. The molecule has 1 spiro atoms. The summed E-state index contributed by atoms with van der Waals surface area (Å²) in [5.41, 5.74) is 1.12. The molecule has 7 nitrogen and oxygen atoms in total. The van der Waals surface area contributed by atoms with Crippen LogP contribution in [0.3, 0.4) is 0 Å². The zero-order valence-electron chi connectivity index (χ0n) is 15.5. The lowest BCUT2D eigenvalue weighted by Crippen LogP contribution is -2.60. The molecule has 1 aromatic rings. The van der Waals surface area contributed by atoms with Crippen molar-refractivity contribution in [3.8, 4) is 0 Å². The maximum Gasteiger partial charge on any atom is 0.414 e. The van der Waals surface area contributed by atoms with Crippen LogP contribution in [0.25, 0.3) is 0 Å². The quantitative estimate of drug-likeness (QED) is 0.557. The summed E-state index contributed by atoms with van der Waals surface area (Å²) in [5, 5.41) is 0. The monoisotopic (exact) mass is 370 g/mol. The van der Waals surface area contributed by atoms with E-state index in [0.29, 0.717) is 13.0 Å². The highest BCUT2D eigenvalue weighted by molar-refractivity contribution is 5.95. The van der Waals surface area contributed by atoms with Crippen molar-refractivity contribution in [3.63, 3.8) is 0 Å². The van der Waals surface area contributed by atoms with E-state index >= 15 is 0 Å². The Hall–Kier alpha value is -2.83. The minimum Gasteiger partial charge on any atom is -0.469 e. The first-order chi connectivity index (χ1) is 13.0. The van der Waals surface area contributed by atoms with E-state index in [1.54, 1.807) is 17.9 Å². The number of esters is 1. The molecule has 0 bridgehead atoms. The molecule has 0 radical (unpaired) electrons. The van der Waals surface area contributed by atoms with Gasteiger partial charge in [0.25, 0.3) is 0 Å². The predicted octanol–water partition coefficient (Wildman–Crippen LogP) is 1.86. The Morgan fingerprint density at radius 3 is 2.52 bits per heavy atom. The van der Waals surface area contributed by atoms with Crippen molar-refractivity contribution >= 4 is 23.7 Å². The normalized spacial score (nSPS) is 30.4. The lowest BCUT2D eigenvalue weighted by Gasteiger charge is -2.45. The van der Waals surface area contributed by atoms with Crippen LogP contribution in [0.5, 0.6) is 0 Å². The molecule has 2 amide bonds. The lowest BCUT2D eigenvalue weighted by molar-refractivity contribution is -0.145. The standard InChI is InChI=1S/C20H22N2O5/c1-12(23)21-11-10-20-14-6-4-5-7-15(14)22(19(25)27-3)17(20)13(18(24)26-2)8-9-16(20)21/h4-9,13,16-17H,10-11H2,1-3H3/t13-,16+,17+,20-/m1/s1. The Morgan fingerprint density at radius 2 is 1.85 bits per heavy atom. The fourth-order valence-corrected chi connectivity index (χ4v) is 5.20. The van der Waals surface area contributed by atoms with Crippen molar-refractivity contribution < 1.29 is 23.9 Å². The maximum absolute atomic E-state index is 12.7. The Balaban J connectivity index is 1.97. The van der Waals surface area contributed by atoms with Crippen LogP contribution in [0, 0.1) is 5.92 Å². The van der Waals surface area contributed by atoms with E-state index in [1.807, 2.05) is 35.2 Å². The molecule has 1 aliphatic carbocycles. The molecule has 2 heterocycles. The van der Waals surface area contributed by atoms with Crippen LogP contribution in [0.4, 0.5) is 10.5 Å². The van der Waals surface area contributed by atoms with Crippen LogP contribution in [0.15, 0.2) is 36.4 Å². The van der Waals surface area contributed by atoms with Gasteiger partial charge < -0.3 is 14.4 Å². The van der Waals surface area contributed by atoms with Crippen LogP contribution in [0.1, 0.15) is 18.9 Å². The Morgan fingerprint density at radius 1 is 1.11 bits per heavy atom. The van der Waals surface area contributed by atoms with Gasteiger partial charge >= 0.3 is 12.1 Å². The van der Waals surface area contributed by atoms with Crippen LogP contribution < -0.4 is 4.90 Å². The van der Waals surface area contributed by atoms with Crippen molar-refractivity contribution in [3.05, 3.63) is 42.0 Å². The average molecular weight is 370 g/mol. The number of ether oxygens (including phenoxy) is 2. The van der Waals surface area contributed by atoms with Crippen LogP contribution >= 0.6 is 0 Å². The van der Waals surface area contributed by atoms with Gasteiger partial charge in [0.05, 0.1) is 37.9 Å². The number of carbonyl (C=O) groups is 3. The summed E-state index contributed by atoms with van der Waals surface area (Å²) >= 11 is 0. The first-order valence-corrected chi connectivity index (χ1v) is 8.97. The molecule has 4 rings (SSSR count). The number of hydrogen-bond donors (Lipinski definition) is 0. The molecule has 27 heavy (non-hydrogen) atoms. The summed E-state index contributed by atoms with van der Waals surface area (Å²) in [6.07, 6.45) is 3.82. The third kappa shape index (κ3) is 2.17. The maximum atomic E-state index is 12.7. The molecule has 0 saturated carbocycles. The Kier molecular flexibility index (Phi) is 3.98. The highest BCUT2D eigenvalue weighted by Crippen LogP contribution is 2.58. The Bertz CT molecular complexity index is 851. The molecular weight excluding hydrogens is 348 g/mol. The van der Waals surface area contributed by atoms with E-state index in [-0.39, 0.29) is 11.9 Å². The number of nitrogens with zero attached hydrogens (tertiary/aromatic N) is 2. The SMILES string of the molecule is COC(=O)[C@@H]1C=C[C@@H]2N(C(C)=O)CC[C@@]23c2ccccc2N(C(=O)OC)[C@@H]13. The summed E-state index contributed by atoms with van der Waals surface area (Å²) in [5.74, 6) is -1.06. The van der Waals surface area contributed by atoms with Gasteiger partial charge in [-0.1, -0.05) is 30.4 Å². The molecule has 1 aromatic carbocycles. The van der Waals surface area contributed by atoms with Gasteiger partial charge in [-0.3, -0.25) is 14.5 Å². The second-order valence-electron chi connectivity index (χ2n) is 7.18. The van der Waals surface area contributed by atoms with Crippen LogP contribution in [-0.4, -0.2) is 55.7 Å². The van der Waals surface area contributed by atoms with Gasteiger partial charge in [-0.15, -0.1) is 0 Å².